The number of carboxylic acids is 1. The Morgan fingerprint density at radius 2 is 1.77 bits per heavy atom. The van der Waals surface area contributed by atoms with Crippen molar-refractivity contribution in [3.63, 3.8) is 0 Å². The number of phenols is 1. The standard InChI is InChI=1S/C17H17NO4/c19-15-10-12-6-2-1-5-11(12)9-13(15)16(20)18-8-4-3-7-14(18)17(21)22/h1-2,5-6,9-10,14,19H,3-4,7-8H2,(H,21,22). The minimum atomic E-state index is -0.992. The average Bonchev–Trinajstić information content (AvgIpc) is 2.53. The summed E-state index contributed by atoms with van der Waals surface area (Å²) >= 11 is 0. The van der Waals surface area contributed by atoms with Gasteiger partial charge >= 0.3 is 5.97 Å². The maximum Gasteiger partial charge on any atom is 0.326 e. The molecule has 1 aliphatic heterocycles. The molecule has 2 aromatic rings. The van der Waals surface area contributed by atoms with Gasteiger partial charge in [-0.3, -0.25) is 4.79 Å². The maximum atomic E-state index is 12.7. The number of carboxylic acid groups (broad SMARTS) is 1. The first-order valence-electron chi connectivity index (χ1n) is 7.33. The number of carbonyl (C=O) groups is 2. The highest BCUT2D eigenvalue weighted by atomic mass is 16.4. The fourth-order valence-corrected chi connectivity index (χ4v) is 2.99. The third kappa shape index (κ3) is 2.50. The highest BCUT2D eigenvalue weighted by Gasteiger charge is 2.33. The lowest BCUT2D eigenvalue weighted by molar-refractivity contribution is -0.143. The van der Waals surface area contributed by atoms with Gasteiger partial charge in [0.1, 0.15) is 11.8 Å². The van der Waals surface area contributed by atoms with Crippen LogP contribution in [0.3, 0.4) is 0 Å². The molecular formula is C17H17NO4. The Morgan fingerprint density at radius 3 is 2.45 bits per heavy atom. The van der Waals surface area contributed by atoms with Gasteiger partial charge in [0.15, 0.2) is 0 Å². The van der Waals surface area contributed by atoms with E-state index in [1.165, 1.54) is 4.90 Å². The van der Waals surface area contributed by atoms with Crippen LogP contribution in [-0.2, 0) is 4.79 Å². The molecular weight excluding hydrogens is 282 g/mol. The van der Waals surface area contributed by atoms with Crippen molar-refractivity contribution < 1.29 is 19.8 Å². The number of benzene rings is 2. The highest BCUT2D eigenvalue weighted by molar-refractivity contribution is 6.02. The molecule has 1 atom stereocenters. The SMILES string of the molecule is O=C(O)C1CCCCN1C(=O)c1cc2ccccc2cc1O. The average molecular weight is 299 g/mol. The van der Waals surface area contributed by atoms with E-state index in [1.807, 2.05) is 24.3 Å². The van der Waals surface area contributed by atoms with E-state index < -0.39 is 17.9 Å². The minimum absolute atomic E-state index is 0.113. The molecule has 2 aromatic carbocycles. The molecule has 0 aliphatic carbocycles. The highest BCUT2D eigenvalue weighted by Crippen LogP contribution is 2.28. The molecule has 3 rings (SSSR count). The smallest absolute Gasteiger partial charge is 0.326 e. The Morgan fingerprint density at radius 1 is 1.09 bits per heavy atom. The molecule has 1 fully saturated rings. The van der Waals surface area contributed by atoms with Crippen LogP contribution in [0, 0.1) is 0 Å². The van der Waals surface area contributed by atoms with Crippen molar-refractivity contribution in [1.29, 1.82) is 0 Å². The van der Waals surface area contributed by atoms with Gasteiger partial charge in [-0.25, -0.2) is 4.79 Å². The number of likely N-dealkylation sites (tertiary alicyclic amines) is 1. The predicted molar refractivity (Wildman–Crippen MR) is 81.9 cm³/mol. The Labute approximate surface area is 127 Å². The zero-order chi connectivity index (χ0) is 15.7. The fraction of sp³-hybridized carbons (Fsp3) is 0.294. The van der Waals surface area contributed by atoms with Crippen LogP contribution in [0.15, 0.2) is 36.4 Å². The molecule has 1 saturated heterocycles. The zero-order valence-electron chi connectivity index (χ0n) is 12.0. The van der Waals surface area contributed by atoms with Crippen molar-refractivity contribution in [2.75, 3.05) is 6.54 Å². The lowest BCUT2D eigenvalue weighted by Gasteiger charge is -2.33. The molecule has 0 aromatic heterocycles. The van der Waals surface area contributed by atoms with Crippen molar-refractivity contribution in [2.45, 2.75) is 25.3 Å². The van der Waals surface area contributed by atoms with E-state index in [0.29, 0.717) is 13.0 Å². The molecule has 114 valence electrons. The van der Waals surface area contributed by atoms with Crippen molar-refractivity contribution >= 4 is 22.6 Å². The number of aliphatic carboxylic acids is 1. The molecule has 0 radical (unpaired) electrons. The van der Waals surface area contributed by atoms with Crippen molar-refractivity contribution in [1.82, 2.24) is 4.90 Å². The van der Waals surface area contributed by atoms with Gasteiger partial charge in [-0.05, 0) is 42.2 Å². The molecule has 1 aliphatic rings. The van der Waals surface area contributed by atoms with Gasteiger partial charge in [-0.1, -0.05) is 24.3 Å². The number of phenolic OH excluding ortho intramolecular Hbond substituents is 1. The number of hydrogen-bond acceptors (Lipinski definition) is 3. The Bertz CT molecular complexity index is 741. The first-order valence-corrected chi connectivity index (χ1v) is 7.33. The van der Waals surface area contributed by atoms with Gasteiger partial charge < -0.3 is 15.1 Å². The molecule has 5 heteroatoms. The monoisotopic (exact) mass is 299 g/mol. The van der Waals surface area contributed by atoms with Crippen LogP contribution in [0.2, 0.25) is 0 Å². The molecule has 22 heavy (non-hydrogen) atoms. The van der Waals surface area contributed by atoms with Crippen LogP contribution >= 0.6 is 0 Å². The van der Waals surface area contributed by atoms with E-state index in [1.54, 1.807) is 12.1 Å². The summed E-state index contributed by atoms with van der Waals surface area (Å²) in [6.07, 6.45) is 2.03. The third-order valence-electron chi connectivity index (χ3n) is 4.14. The summed E-state index contributed by atoms with van der Waals surface area (Å²) in [7, 11) is 0. The fourth-order valence-electron chi connectivity index (χ4n) is 2.99. The number of piperidine rings is 1. The van der Waals surface area contributed by atoms with Crippen molar-refractivity contribution in [2.24, 2.45) is 0 Å². The van der Waals surface area contributed by atoms with Gasteiger partial charge in [0.05, 0.1) is 5.56 Å². The van der Waals surface area contributed by atoms with Gasteiger partial charge in [0.25, 0.3) is 5.91 Å². The minimum Gasteiger partial charge on any atom is -0.507 e. The summed E-state index contributed by atoms with van der Waals surface area (Å²) in [6, 6.07) is 9.78. The Balaban J connectivity index is 2.00. The van der Waals surface area contributed by atoms with Crippen molar-refractivity contribution in [3.8, 4) is 5.75 Å². The number of nitrogens with zero attached hydrogens (tertiary/aromatic N) is 1. The van der Waals surface area contributed by atoms with Crippen LogP contribution < -0.4 is 0 Å². The first kappa shape index (κ1) is 14.4. The number of aromatic hydroxyl groups is 1. The molecule has 1 amide bonds. The van der Waals surface area contributed by atoms with Gasteiger partial charge in [0.2, 0.25) is 0 Å². The van der Waals surface area contributed by atoms with Crippen LogP contribution in [0.1, 0.15) is 29.6 Å². The van der Waals surface area contributed by atoms with Crippen molar-refractivity contribution in [3.05, 3.63) is 42.0 Å². The molecule has 2 N–H and O–H groups in total. The summed E-state index contributed by atoms with van der Waals surface area (Å²) in [5.41, 5.74) is 0.159. The molecule has 1 heterocycles. The van der Waals surface area contributed by atoms with Crippen LogP contribution in [0.5, 0.6) is 5.75 Å². The van der Waals surface area contributed by atoms with E-state index >= 15 is 0 Å². The number of rotatable bonds is 2. The van der Waals surface area contributed by atoms with E-state index in [0.717, 1.165) is 23.6 Å². The summed E-state index contributed by atoms with van der Waals surface area (Å²) in [4.78, 5) is 25.4. The van der Waals surface area contributed by atoms with E-state index in [9.17, 15) is 19.8 Å². The van der Waals surface area contributed by atoms with Gasteiger partial charge in [-0.2, -0.15) is 0 Å². The predicted octanol–water partition coefficient (Wildman–Crippen LogP) is 2.62. The van der Waals surface area contributed by atoms with E-state index in [2.05, 4.69) is 0 Å². The van der Waals surface area contributed by atoms with Gasteiger partial charge in [0, 0.05) is 6.54 Å². The number of carbonyl (C=O) groups excluding carboxylic acids is 1. The number of amides is 1. The normalized spacial score (nSPS) is 18.4. The Hall–Kier alpha value is -2.56. The summed E-state index contributed by atoms with van der Waals surface area (Å²) in [5.74, 6) is -1.53. The van der Waals surface area contributed by atoms with Gasteiger partial charge in [-0.15, -0.1) is 0 Å². The lowest BCUT2D eigenvalue weighted by atomic mass is 9.99. The topological polar surface area (TPSA) is 77.8 Å². The molecule has 0 bridgehead atoms. The van der Waals surface area contributed by atoms with E-state index in [-0.39, 0.29) is 11.3 Å². The summed E-state index contributed by atoms with van der Waals surface area (Å²) in [6.45, 7) is 0.405. The summed E-state index contributed by atoms with van der Waals surface area (Å²) < 4.78 is 0. The molecule has 1 unspecified atom stereocenters. The Kier molecular flexibility index (Phi) is 3.71. The summed E-state index contributed by atoms with van der Waals surface area (Å²) in [5, 5.41) is 21.1. The second-order valence-electron chi connectivity index (χ2n) is 5.56. The van der Waals surface area contributed by atoms with E-state index in [4.69, 9.17) is 0 Å². The van der Waals surface area contributed by atoms with Crippen LogP contribution in [0.25, 0.3) is 10.8 Å². The molecule has 5 nitrogen and oxygen atoms in total. The second kappa shape index (κ2) is 5.67. The number of hydrogen-bond donors (Lipinski definition) is 2. The third-order valence-corrected chi connectivity index (χ3v) is 4.14. The zero-order valence-corrected chi connectivity index (χ0v) is 12.0. The van der Waals surface area contributed by atoms with Crippen LogP contribution in [0.4, 0.5) is 0 Å². The molecule has 0 spiro atoms. The quantitative estimate of drug-likeness (QED) is 0.893. The second-order valence-corrected chi connectivity index (χ2v) is 5.56. The largest absolute Gasteiger partial charge is 0.507 e. The first-order chi connectivity index (χ1) is 10.6. The number of fused-ring (bicyclic) bond motifs is 1. The lowest BCUT2D eigenvalue weighted by Crippen LogP contribution is -2.48. The maximum absolute atomic E-state index is 12.7. The molecule has 0 saturated carbocycles. The van der Waals surface area contributed by atoms with Crippen LogP contribution in [-0.4, -0.2) is 39.6 Å².